The summed E-state index contributed by atoms with van der Waals surface area (Å²) in [5.41, 5.74) is 0. The van der Waals surface area contributed by atoms with Crippen LogP contribution in [-0.4, -0.2) is 14.3 Å². The molecule has 0 unspecified atom stereocenters. The Morgan fingerprint density at radius 3 is 1.33 bits per heavy atom. The van der Waals surface area contributed by atoms with Crippen molar-refractivity contribution >= 4 is 14.3 Å². The fourth-order valence-corrected chi connectivity index (χ4v) is 6.81. The average Bonchev–Trinajstić information content (AvgIpc) is 1.65. The van der Waals surface area contributed by atoms with E-state index in [9.17, 15) is 0 Å². The SMILES string of the molecule is C[CH2][Ge]([CH2]C)[C](C)(C)C. The molecule has 0 aliphatic carbocycles. The van der Waals surface area contributed by atoms with E-state index in [-0.39, 0.29) is 0 Å². The third-order valence-electron chi connectivity index (χ3n) is 1.91. The van der Waals surface area contributed by atoms with Gasteiger partial charge in [0.1, 0.15) is 0 Å². The number of hydrogen-bond donors (Lipinski definition) is 0. The van der Waals surface area contributed by atoms with Crippen molar-refractivity contribution < 1.29 is 0 Å². The third kappa shape index (κ3) is 3.29. The van der Waals surface area contributed by atoms with E-state index in [1.807, 2.05) is 0 Å². The first kappa shape index (κ1) is 9.54. The average molecular weight is 188 g/mol. The topological polar surface area (TPSA) is 0 Å². The summed E-state index contributed by atoms with van der Waals surface area (Å²) in [6.45, 7) is 11.9. The molecule has 0 heterocycles. The Morgan fingerprint density at radius 2 is 1.33 bits per heavy atom. The van der Waals surface area contributed by atoms with E-state index in [2.05, 4.69) is 34.6 Å². The molecular formula is C8H19Ge. The molecule has 0 amide bonds. The first-order valence-corrected chi connectivity index (χ1v) is 7.89. The van der Waals surface area contributed by atoms with Crippen LogP contribution < -0.4 is 0 Å². The second-order valence-corrected chi connectivity index (χ2v) is 12.2. The molecule has 0 N–H and O–H groups in total. The van der Waals surface area contributed by atoms with Crippen molar-refractivity contribution in [2.75, 3.05) is 0 Å². The summed E-state index contributed by atoms with van der Waals surface area (Å²) < 4.78 is 0.684. The van der Waals surface area contributed by atoms with E-state index in [1.165, 1.54) is 10.5 Å². The van der Waals surface area contributed by atoms with Gasteiger partial charge in [-0.25, -0.2) is 0 Å². The number of hydrogen-bond acceptors (Lipinski definition) is 0. The van der Waals surface area contributed by atoms with Gasteiger partial charge in [0.05, 0.1) is 0 Å². The van der Waals surface area contributed by atoms with Crippen molar-refractivity contribution in [3.05, 3.63) is 0 Å². The van der Waals surface area contributed by atoms with Gasteiger partial charge in [0, 0.05) is 0 Å². The predicted octanol–water partition coefficient (Wildman–Crippen LogP) is 3.32. The second-order valence-electron chi connectivity index (χ2n) is 3.56. The Labute approximate surface area is 64.1 Å². The van der Waals surface area contributed by atoms with Crippen molar-refractivity contribution in [3.63, 3.8) is 0 Å². The molecule has 0 atom stereocenters. The van der Waals surface area contributed by atoms with Crippen molar-refractivity contribution in [1.82, 2.24) is 0 Å². The van der Waals surface area contributed by atoms with Crippen molar-refractivity contribution in [2.45, 2.75) is 49.4 Å². The summed E-state index contributed by atoms with van der Waals surface area (Å²) in [4.78, 5) is 0. The Balaban J connectivity index is 3.79. The molecule has 0 saturated carbocycles. The van der Waals surface area contributed by atoms with Crippen LogP contribution in [0.4, 0.5) is 0 Å². The van der Waals surface area contributed by atoms with E-state index in [1.54, 1.807) is 0 Å². The van der Waals surface area contributed by atoms with Crippen LogP contribution in [0, 0.1) is 0 Å². The van der Waals surface area contributed by atoms with Crippen LogP contribution in [0.15, 0.2) is 0 Å². The molecule has 1 radical (unpaired) electrons. The third-order valence-corrected chi connectivity index (χ3v) is 9.95. The molecule has 0 aromatic rings. The van der Waals surface area contributed by atoms with Crippen LogP contribution in [-0.2, 0) is 0 Å². The maximum absolute atomic E-state index is 2.40. The Morgan fingerprint density at radius 1 is 1.00 bits per heavy atom. The maximum atomic E-state index is 2.40. The molecule has 0 aliphatic rings. The van der Waals surface area contributed by atoms with Gasteiger partial charge in [-0.2, -0.15) is 0 Å². The van der Waals surface area contributed by atoms with Crippen molar-refractivity contribution in [2.24, 2.45) is 0 Å². The van der Waals surface area contributed by atoms with Crippen LogP contribution in [0.5, 0.6) is 0 Å². The molecule has 9 heavy (non-hydrogen) atoms. The number of rotatable bonds is 2. The van der Waals surface area contributed by atoms with Gasteiger partial charge in [-0.3, -0.25) is 0 Å². The molecule has 0 aromatic heterocycles. The zero-order chi connectivity index (χ0) is 7.49. The molecule has 0 nitrogen and oxygen atoms in total. The molecule has 55 valence electrons. The fourth-order valence-electron chi connectivity index (χ4n) is 1.31. The van der Waals surface area contributed by atoms with E-state index < -0.39 is 14.3 Å². The first-order valence-electron chi connectivity index (χ1n) is 3.87. The van der Waals surface area contributed by atoms with Crippen molar-refractivity contribution in [1.29, 1.82) is 0 Å². The van der Waals surface area contributed by atoms with Crippen LogP contribution >= 0.6 is 0 Å². The Bertz CT molecular complexity index is 67.1. The summed E-state index contributed by atoms with van der Waals surface area (Å²) in [7, 11) is 0. The zero-order valence-corrected chi connectivity index (χ0v) is 9.51. The van der Waals surface area contributed by atoms with Gasteiger partial charge >= 0.3 is 63.7 Å². The summed E-state index contributed by atoms with van der Waals surface area (Å²) in [6.07, 6.45) is 0. The van der Waals surface area contributed by atoms with Crippen LogP contribution in [0.3, 0.4) is 0 Å². The van der Waals surface area contributed by atoms with Gasteiger partial charge in [0.2, 0.25) is 0 Å². The van der Waals surface area contributed by atoms with Gasteiger partial charge in [-0.05, 0) is 0 Å². The first-order chi connectivity index (χ1) is 4.02. The molecular weight excluding hydrogens is 169 g/mol. The van der Waals surface area contributed by atoms with Gasteiger partial charge in [0.15, 0.2) is 0 Å². The quantitative estimate of drug-likeness (QED) is 0.582. The second kappa shape index (κ2) is 3.65. The Kier molecular flexibility index (Phi) is 3.87. The van der Waals surface area contributed by atoms with Gasteiger partial charge in [-0.1, -0.05) is 0 Å². The van der Waals surface area contributed by atoms with Gasteiger partial charge in [-0.15, -0.1) is 0 Å². The van der Waals surface area contributed by atoms with E-state index in [4.69, 9.17) is 0 Å². The molecule has 0 bridgehead atoms. The van der Waals surface area contributed by atoms with Crippen LogP contribution in [0.1, 0.15) is 34.6 Å². The molecule has 0 rings (SSSR count). The molecule has 0 saturated heterocycles. The predicted molar refractivity (Wildman–Crippen MR) is 46.4 cm³/mol. The summed E-state index contributed by atoms with van der Waals surface area (Å²) in [5, 5.41) is 2.97. The standard InChI is InChI=1S/C8H19Ge/c1-6-9(7-2)8(3,4)5/h6-7H2,1-5H3. The monoisotopic (exact) mass is 189 g/mol. The summed E-state index contributed by atoms with van der Waals surface area (Å²) in [5.74, 6) is 0. The normalized spacial score (nSPS) is 12.7. The zero-order valence-electron chi connectivity index (χ0n) is 7.41. The fraction of sp³-hybridized carbons (Fsp3) is 1.00. The summed E-state index contributed by atoms with van der Waals surface area (Å²) in [6, 6.07) is 0. The minimum atomic E-state index is -0.637. The van der Waals surface area contributed by atoms with Crippen LogP contribution in [0.25, 0.3) is 0 Å². The molecule has 0 aromatic carbocycles. The molecule has 1 heteroatoms. The van der Waals surface area contributed by atoms with Gasteiger partial charge in [0.25, 0.3) is 0 Å². The Hall–Kier alpha value is 0.543. The summed E-state index contributed by atoms with van der Waals surface area (Å²) >= 11 is -0.637. The van der Waals surface area contributed by atoms with Gasteiger partial charge < -0.3 is 0 Å². The molecule has 0 fully saturated rings. The van der Waals surface area contributed by atoms with Crippen molar-refractivity contribution in [3.8, 4) is 0 Å². The molecule has 0 spiro atoms. The minimum absolute atomic E-state index is 0.637. The van der Waals surface area contributed by atoms with E-state index in [0.717, 1.165) is 0 Å². The van der Waals surface area contributed by atoms with E-state index in [0.29, 0.717) is 4.25 Å². The van der Waals surface area contributed by atoms with E-state index >= 15 is 0 Å². The van der Waals surface area contributed by atoms with Crippen LogP contribution in [0.2, 0.25) is 14.8 Å². The molecule has 0 aliphatic heterocycles.